The molecule has 1 spiro atoms. The summed E-state index contributed by atoms with van der Waals surface area (Å²) in [5, 5.41) is 0.733. The van der Waals surface area contributed by atoms with Crippen LogP contribution in [0.3, 0.4) is 0 Å². The fraction of sp³-hybridized carbons (Fsp3) is 0.459. The Morgan fingerprint density at radius 2 is 2.08 bits per heavy atom. The van der Waals surface area contributed by atoms with E-state index < -0.39 is 21.7 Å². The standard InChI is InChI=1S/C37H44ClN5O5S/c1-3-26-18-31(47-2)9-5-4-6-17-49(46,41-35(44)21-30-22-39-15-16-40-30)42-36(45)28-10-13-34-33(20-28)43(23-26)24-37(25-48-34)14-7-8-27-19-29(38)11-12-32(27)37/h5,9-13,15-16,19-20,22,26,31H,3-4,6-8,14,17-18,21,23-25H2,1-2H3,(H,41,42,44,45,46)/b9-5+/t26-,31+,37+,49-/m1/s1. The van der Waals surface area contributed by atoms with Gasteiger partial charge in [0.15, 0.2) is 0 Å². The van der Waals surface area contributed by atoms with Crippen LogP contribution in [0.5, 0.6) is 5.75 Å². The molecule has 1 aliphatic carbocycles. The number of halogens is 1. The first-order chi connectivity index (χ1) is 23.7. The van der Waals surface area contributed by atoms with Crippen LogP contribution >= 0.6 is 11.6 Å². The second-order valence-electron chi connectivity index (χ2n) is 13.3. The number of methoxy groups -OCH3 is 1. The molecule has 3 aromatic rings. The summed E-state index contributed by atoms with van der Waals surface area (Å²) in [4.78, 5) is 37.3. The van der Waals surface area contributed by atoms with Crippen molar-refractivity contribution >= 4 is 39.0 Å². The van der Waals surface area contributed by atoms with Gasteiger partial charge in [0, 0.05) is 54.8 Å². The minimum Gasteiger partial charge on any atom is -0.490 e. The van der Waals surface area contributed by atoms with Crippen LogP contribution in [0.15, 0.2) is 71.5 Å². The number of anilines is 1. The fourth-order valence-electron chi connectivity index (χ4n) is 7.26. The van der Waals surface area contributed by atoms with Crippen molar-refractivity contribution in [2.45, 2.75) is 69.8 Å². The van der Waals surface area contributed by atoms with Crippen LogP contribution < -0.4 is 14.4 Å². The number of nitrogens with one attached hydrogen (secondary N) is 1. The lowest BCUT2D eigenvalue weighted by Crippen LogP contribution is -2.47. The van der Waals surface area contributed by atoms with E-state index in [4.69, 9.17) is 21.1 Å². The van der Waals surface area contributed by atoms with Gasteiger partial charge in [-0.2, -0.15) is 0 Å². The summed E-state index contributed by atoms with van der Waals surface area (Å²) in [5.41, 5.74) is 3.75. The topological polar surface area (TPSA) is 123 Å². The van der Waals surface area contributed by atoms with E-state index in [1.807, 2.05) is 18.2 Å². The first-order valence-corrected chi connectivity index (χ1v) is 19.1. The normalized spacial score (nSPS) is 26.5. The summed E-state index contributed by atoms with van der Waals surface area (Å²) in [7, 11) is -1.73. The van der Waals surface area contributed by atoms with Crippen LogP contribution in [-0.2, 0) is 37.7 Å². The van der Waals surface area contributed by atoms with Crippen LogP contribution in [0.25, 0.3) is 0 Å². The fourth-order valence-corrected chi connectivity index (χ4v) is 9.05. The van der Waals surface area contributed by atoms with Crippen molar-refractivity contribution in [1.82, 2.24) is 14.7 Å². The molecule has 1 N–H and O–H groups in total. The molecule has 0 saturated heterocycles. The molecule has 1 aromatic heterocycles. The molecule has 10 nitrogen and oxygen atoms in total. The third-order valence-electron chi connectivity index (χ3n) is 9.81. The third-order valence-corrected chi connectivity index (χ3v) is 11.9. The van der Waals surface area contributed by atoms with Crippen molar-refractivity contribution in [2.75, 3.05) is 37.5 Å². The first kappa shape index (κ1) is 35.0. The zero-order valence-electron chi connectivity index (χ0n) is 28.1. The Kier molecular flexibility index (Phi) is 11.0. The molecule has 49 heavy (non-hydrogen) atoms. The predicted molar refractivity (Wildman–Crippen MR) is 191 cm³/mol. The van der Waals surface area contributed by atoms with Crippen LogP contribution in [0.1, 0.15) is 72.6 Å². The van der Waals surface area contributed by atoms with Crippen molar-refractivity contribution in [3.63, 3.8) is 0 Å². The molecular formula is C37H44ClN5O5S. The van der Waals surface area contributed by atoms with Gasteiger partial charge in [-0.05, 0) is 85.9 Å². The number of rotatable bonds is 5. The van der Waals surface area contributed by atoms with Gasteiger partial charge in [-0.15, -0.1) is 4.36 Å². The molecule has 4 atom stereocenters. The monoisotopic (exact) mass is 705 g/mol. The largest absolute Gasteiger partial charge is 0.490 e. The number of carbonyl (C=O) groups is 2. The molecule has 0 radical (unpaired) electrons. The molecule has 6 rings (SSSR count). The van der Waals surface area contributed by atoms with Gasteiger partial charge in [-0.1, -0.05) is 43.2 Å². The van der Waals surface area contributed by atoms with Gasteiger partial charge in [0.1, 0.15) is 15.7 Å². The number of aryl methyl sites for hydroxylation is 1. The highest BCUT2D eigenvalue weighted by Gasteiger charge is 2.42. The summed E-state index contributed by atoms with van der Waals surface area (Å²) >= 11 is 6.44. The smallest absolute Gasteiger partial charge is 0.286 e. The molecule has 2 bridgehead atoms. The zero-order valence-corrected chi connectivity index (χ0v) is 29.7. The Labute approximate surface area is 294 Å². The van der Waals surface area contributed by atoms with Crippen molar-refractivity contribution in [1.29, 1.82) is 0 Å². The Hall–Kier alpha value is -3.80. The zero-order chi connectivity index (χ0) is 34.4. The van der Waals surface area contributed by atoms with Crippen molar-refractivity contribution in [3.05, 3.63) is 94.5 Å². The average Bonchev–Trinajstić information content (AvgIpc) is 3.23. The van der Waals surface area contributed by atoms with E-state index in [-0.39, 0.29) is 29.3 Å². The van der Waals surface area contributed by atoms with Gasteiger partial charge in [0.2, 0.25) is 5.91 Å². The molecule has 3 heterocycles. The van der Waals surface area contributed by atoms with E-state index >= 15 is 0 Å². The van der Waals surface area contributed by atoms with Gasteiger partial charge in [-0.3, -0.25) is 24.3 Å². The highest BCUT2D eigenvalue weighted by molar-refractivity contribution is 7.92. The number of benzene rings is 2. The van der Waals surface area contributed by atoms with E-state index in [1.165, 1.54) is 29.7 Å². The molecule has 260 valence electrons. The molecule has 2 amide bonds. The Morgan fingerprint density at radius 3 is 2.88 bits per heavy atom. The van der Waals surface area contributed by atoms with Crippen molar-refractivity contribution < 1.29 is 23.3 Å². The SMILES string of the molecule is CC[C@@H]1C[C@@H](OC)/C=C/CCC[S@@](=O)(NC(=O)Cc2cnccn2)=NC(=O)c2ccc3c(c2)N(C1)C[C@@]1(CCCc2cc(Cl)ccc21)CO3. The summed E-state index contributed by atoms with van der Waals surface area (Å²) < 4.78 is 33.5. The van der Waals surface area contributed by atoms with Gasteiger partial charge >= 0.3 is 0 Å². The number of nitrogens with zero attached hydrogens (tertiary/aromatic N) is 4. The molecule has 12 heteroatoms. The van der Waals surface area contributed by atoms with E-state index in [9.17, 15) is 13.8 Å². The quantitative estimate of drug-likeness (QED) is 0.309. The molecule has 2 aromatic carbocycles. The van der Waals surface area contributed by atoms with Gasteiger partial charge in [-0.25, -0.2) is 4.21 Å². The summed E-state index contributed by atoms with van der Waals surface area (Å²) in [6.45, 7) is 4.13. The predicted octanol–water partition coefficient (Wildman–Crippen LogP) is 6.27. The lowest BCUT2D eigenvalue weighted by atomic mass is 9.70. The molecule has 3 aliphatic rings. The summed E-state index contributed by atoms with van der Waals surface area (Å²) in [5.74, 6) is -0.203. The average molecular weight is 706 g/mol. The highest BCUT2D eigenvalue weighted by Crippen LogP contribution is 2.45. The van der Waals surface area contributed by atoms with Crippen LogP contribution in [-0.4, -0.2) is 64.7 Å². The first-order valence-electron chi connectivity index (χ1n) is 17.0. The minimum atomic E-state index is -3.46. The van der Waals surface area contributed by atoms with E-state index in [2.05, 4.69) is 49.1 Å². The third kappa shape index (κ3) is 8.33. The van der Waals surface area contributed by atoms with Crippen LogP contribution in [0.2, 0.25) is 5.02 Å². The number of hydrogen-bond donors (Lipinski definition) is 1. The van der Waals surface area contributed by atoms with Gasteiger partial charge in [0.05, 0.1) is 36.3 Å². The highest BCUT2D eigenvalue weighted by atomic mass is 35.5. The Morgan fingerprint density at radius 1 is 1.20 bits per heavy atom. The van der Waals surface area contributed by atoms with Gasteiger partial charge < -0.3 is 14.4 Å². The maximum Gasteiger partial charge on any atom is 0.286 e. The van der Waals surface area contributed by atoms with Crippen LogP contribution in [0, 0.1) is 5.92 Å². The minimum absolute atomic E-state index is 0.0106. The number of allylic oxidation sites excluding steroid dienone is 1. The van der Waals surface area contributed by atoms with E-state index in [0.29, 0.717) is 43.4 Å². The van der Waals surface area contributed by atoms with Crippen molar-refractivity contribution in [2.24, 2.45) is 10.3 Å². The molecule has 0 fully saturated rings. The number of hydrogen-bond acceptors (Lipinski definition) is 8. The Bertz CT molecular complexity index is 1830. The van der Waals surface area contributed by atoms with Gasteiger partial charge in [0.25, 0.3) is 5.91 Å². The lowest BCUT2D eigenvalue weighted by Gasteiger charge is -2.41. The molecule has 2 aliphatic heterocycles. The molecular weight excluding hydrogens is 662 g/mol. The second kappa shape index (κ2) is 15.4. The van der Waals surface area contributed by atoms with Crippen molar-refractivity contribution in [3.8, 4) is 5.75 Å². The van der Waals surface area contributed by atoms with E-state index in [0.717, 1.165) is 49.4 Å². The number of fused-ring (bicyclic) bond motifs is 3. The van der Waals surface area contributed by atoms with E-state index in [1.54, 1.807) is 19.2 Å². The molecule has 0 unspecified atom stereocenters. The lowest BCUT2D eigenvalue weighted by molar-refractivity contribution is -0.118. The maximum atomic E-state index is 14.2. The molecule has 0 saturated carbocycles. The number of aromatic nitrogens is 2. The summed E-state index contributed by atoms with van der Waals surface area (Å²) in [6, 6.07) is 11.5. The number of ether oxygens (including phenoxy) is 2. The maximum absolute atomic E-state index is 14.2. The number of amides is 2. The van der Waals surface area contributed by atoms with Crippen LogP contribution in [0.4, 0.5) is 5.69 Å². The number of carbonyl (C=O) groups excluding carboxylic acids is 2. The Balaban J connectivity index is 1.39. The second-order valence-corrected chi connectivity index (χ2v) is 15.8. The summed E-state index contributed by atoms with van der Waals surface area (Å²) in [6.07, 6.45) is 14.1.